The number of para-hydroxylation sites is 1. The van der Waals surface area contributed by atoms with Crippen molar-refractivity contribution in [2.75, 3.05) is 19.5 Å². The number of hydrogen-bond donors (Lipinski definition) is 2. The molecule has 9 heteroatoms. The molecule has 0 radical (unpaired) electrons. The number of primary amides is 1. The fourth-order valence-corrected chi connectivity index (χ4v) is 2.18. The number of hydrogen-bond acceptors (Lipinski definition) is 6. The second-order valence-corrected chi connectivity index (χ2v) is 4.71. The topological polar surface area (TPSA) is 126 Å². The number of carbonyl (C=O) groups is 3. The molecule has 3 N–H and O–H groups in total. The number of aromatic nitrogens is 2. The van der Waals surface area contributed by atoms with E-state index in [0.29, 0.717) is 5.75 Å². The van der Waals surface area contributed by atoms with Crippen molar-refractivity contribution in [2.24, 2.45) is 12.8 Å². The van der Waals surface area contributed by atoms with Crippen LogP contribution in [0.5, 0.6) is 5.75 Å². The van der Waals surface area contributed by atoms with Gasteiger partial charge in [-0.05, 0) is 12.1 Å². The van der Waals surface area contributed by atoms with Crippen molar-refractivity contribution < 1.29 is 23.9 Å². The molecule has 1 heterocycles. The van der Waals surface area contributed by atoms with E-state index in [1.807, 2.05) is 0 Å². The molecule has 0 unspecified atom stereocenters. The average Bonchev–Trinajstić information content (AvgIpc) is 2.90. The van der Waals surface area contributed by atoms with E-state index in [0.717, 1.165) is 11.8 Å². The molecule has 2 amide bonds. The Labute approximate surface area is 137 Å². The predicted molar refractivity (Wildman–Crippen MR) is 84.0 cm³/mol. The van der Waals surface area contributed by atoms with Crippen LogP contribution in [0.4, 0.5) is 5.69 Å². The highest BCUT2D eigenvalue weighted by atomic mass is 16.5. The van der Waals surface area contributed by atoms with Gasteiger partial charge in [-0.3, -0.25) is 14.3 Å². The molecule has 2 rings (SSSR count). The highest BCUT2D eigenvalue weighted by Gasteiger charge is 2.27. The zero-order valence-corrected chi connectivity index (χ0v) is 13.3. The van der Waals surface area contributed by atoms with Crippen molar-refractivity contribution in [3.8, 4) is 5.75 Å². The highest BCUT2D eigenvalue weighted by molar-refractivity contribution is 6.13. The van der Waals surface area contributed by atoms with Crippen molar-refractivity contribution in [3.63, 3.8) is 0 Å². The summed E-state index contributed by atoms with van der Waals surface area (Å²) in [6.45, 7) is 0. The molecule has 24 heavy (non-hydrogen) atoms. The second kappa shape index (κ2) is 6.82. The smallest absolute Gasteiger partial charge is 0.360 e. The van der Waals surface area contributed by atoms with Crippen LogP contribution in [0, 0.1) is 0 Å². The quantitative estimate of drug-likeness (QED) is 0.771. The van der Waals surface area contributed by atoms with E-state index in [2.05, 4.69) is 15.2 Å². The predicted octanol–water partition coefficient (Wildman–Crippen LogP) is 0.566. The van der Waals surface area contributed by atoms with Crippen LogP contribution in [-0.2, 0) is 11.8 Å². The molecule has 0 saturated heterocycles. The first-order valence-electron chi connectivity index (χ1n) is 6.80. The molecule has 2 aromatic rings. The normalized spacial score (nSPS) is 10.1. The van der Waals surface area contributed by atoms with Crippen LogP contribution in [-0.4, -0.2) is 41.8 Å². The van der Waals surface area contributed by atoms with Gasteiger partial charge in [0.05, 0.1) is 19.8 Å². The zero-order chi connectivity index (χ0) is 17.9. The maximum atomic E-state index is 12.5. The molecule has 0 aliphatic carbocycles. The number of amides is 2. The fourth-order valence-electron chi connectivity index (χ4n) is 2.18. The number of carbonyl (C=O) groups excluding carboxylic acids is 3. The molecule has 9 nitrogen and oxygen atoms in total. The van der Waals surface area contributed by atoms with Crippen LogP contribution in [0.25, 0.3) is 0 Å². The maximum Gasteiger partial charge on any atom is 0.360 e. The van der Waals surface area contributed by atoms with Crippen LogP contribution in [0.15, 0.2) is 24.3 Å². The average molecular weight is 332 g/mol. The first kappa shape index (κ1) is 17.0. The highest BCUT2D eigenvalue weighted by Crippen LogP contribution is 2.24. The van der Waals surface area contributed by atoms with Crippen molar-refractivity contribution >= 4 is 23.5 Å². The Bertz CT molecular complexity index is 812. The Balaban J connectivity index is 2.50. The molecule has 0 saturated carbocycles. The van der Waals surface area contributed by atoms with Gasteiger partial charge in [0.15, 0.2) is 5.69 Å². The summed E-state index contributed by atoms with van der Waals surface area (Å²) in [6.07, 6.45) is 0. The van der Waals surface area contributed by atoms with Gasteiger partial charge in [0, 0.05) is 7.05 Å². The summed E-state index contributed by atoms with van der Waals surface area (Å²) in [5.74, 6) is -1.92. The first-order chi connectivity index (χ1) is 11.4. The molecule has 0 atom stereocenters. The van der Waals surface area contributed by atoms with Crippen molar-refractivity contribution in [1.29, 1.82) is 0 Å². The molecule has 1 aromatic carbocycles. The summed E-state index contributed by atoms with van der Waals surface area (Å²) in [6, 6.07) is 6.49. The molecule has 0 fully saturated rings. The van der Waals surface area contributed by atoms with E-state index < -0.39 is 17.8 Å². The number of nitrogens with one attached hydrogen (secondary N) is 1. The van der Waals surface area contributed by atoms with Crippen LogP contribution in [0.2, 0.25) is 0 Å². The number of anilines is 1. The lowest BCUT2D eigenvalue weighted by Crippen LogP contribution is -2.21. The van der Waals surface area contributed by atoms with E-state index in [4.69, 9.17) is 10.5 Å². The zero-order valence-electron chi connectivity index (χ0n) is 13.3. The van der Waals surface area contributed by atoms with Gasteiger partial charge in [-0.15, -0.1) is 0 Å². The largest absolute Gasteiger partial charge is 0.496 e. The summed E-state index contributed by atoms with van der Waals surface area (Å²) >= 11 is 0. The van der Waals surface area contributed by atoms with E-state index in [1.165, 1.54) is 20.2 Å². The molecule has 0 aliphatic heterocycles. The monoisotopic (exact) mass is 332 g/mol. The summed E-state index contributed by atoms with van der Waals surface area (Å²) in [5.41, 5.74) is 5.06. The third kappa shape index (κ3) is 3.05. The second-order valence-electron chi connectivity index (χ2n) is 4.71. The number of methoxy groups -OCH3 is 2. The van der Waals surface area contributed by atoms with Gasteiger partial charge < -0.3 is 20.5 Å². The number of rotatable bonds is 5. The van der Waals surface area contributed by atoms with Gasteiger partial charge in [-0.25, -0.2) is 4.79 Å². The van der Waals surface area contributed by atoms with Gasteiger partial charge in [-0.1, -0.05) is 12.1 Å². The lowest BCUT2D eigenvalue weighted by atomic mass is 10.1. The Morgan fingerprint density at radius 1 is 1.21 bits per heavy atom. The molecule has 0 bridgehead atoms. The minimum Gasteiger partial charge on any atom is -0.496 e. The molecule has 0 aliphatic rings. The summed E-state index contributed by atoms with van der Waals surface area (Å²) in [7, 11) is 4.00. The van der Waals surface area contributed by atoms with E-state index in [1.54, 1.807) is 18.2 Å². The third-order valence-electron chi connectivity index (χ3n) is 3.25. The summed E-state index contributed by atoms with van der Waals surface area (Å²) in [4.78, 5) is 36.0. The maximum absolute atomic E-state index is 12.5. The minimum atomic E-state index is -0.851. The molecule has 1 aromatic heterocycles. The minimum absolute atomic E-state index is 0.118. The summed E-state index contributed by atoms with van der Waals surface area (Å²) in [5, 5.41) is 6.37. The van der Waals surface area contributed by atoms with Crippen LogP contribution in [0.3, 0.4) is 0 Å². The molecule has 126 valence electrons. The summed E-state index contributed by atoms with van der Waals surface area (Å²) < 4.78 is 10.8. The molecular weight excluding hydrogens is 316 g/mol. The standard InChI is InChI=1S/C15H16N4O5/c1-19-12(13(16)20)10(11(18-19)15(22)24-3)17-14(21)8-6-4-5-7-9(8)23-2/h4-7H,1-3H3,(H2,16,20)(H,17,21). The van der Waals surface area contributed by atoms with Gasteiger partial charge in [0.2, 0.25) is 0 Å². The lowest BCUT2D eigenvalue weighted by molar-refractivity contribution is 0.0594. The van der Waals surface area contributed by atoms with Crippen LogP contribution < -0.4 is 15.8 Å². The van der Waals surface area contributed by atoms with Gasteiger partial charge in [-0.2, -0.15) is 5.10 Å². The number of benzene rings is 1. The van der Waals surface area contributed by atoms with E-state index in [9.17, 15) is 14.4 Å². The van der Waals surface area contributed by atoms with Crippen molar-refractivity contribution in [2.45, 2.75) is 0 Å². The van der Waals surface area contributed by atoms with Crippen LogP contribution in [0.1, 0.15) is 31.3 Å². The number of esters is 1. The van der Waals surface area contributed by atoms with Crippen molar-refractivity contribution in [1.82, 2.24) is 9.78 Å². The fraction of sp³-hybridized carbons (Fsp3) is 0.200. The number of ether oxygens (including phenoxy) is 2. The van der Waals surface area contributed by atoms with Gasteiger partial charge >= 0.3 is 5.97 Å². The van der Waals surface area contributed by atoms with Gasteiger partial charge in [0.25, 0.3) is 11.8 Å². The SMILES string of the molecule is COC(=O)c1nn(C)c(C(N)=O)c1NC(=O)c1ccccc1OC. The number of nitrogens with two attached hydrogens (primary N) is 1. The Kier molecular flexibility index (Phi) is 4.83. The Morgan fingerprint density at radius 2 is 1.88 bits per heavy atom. The number of aryl methyl sites for hydroxylation is 1. The lowest BCUT2D eigenvalue weighted by Gasteiger charge is -2.10. The van der Waals surface area contributed by atoms with Crippen molar-refractivity contribution in [3.05, 3.63) is 41.2 Å². The Hall–Kier alpha value is -3.36. The number of nitrogens with zero attached hydrogens (tertiary/aromatic N) is 2. The molecule has 0 spiro atoms. The van der Waals surface area contributed by atoms with Crippen LogP contribution >= 0.6 is 0 Å². The van der Waals surface area contributed by atoms with E-state index in [-0.39, 0.29) is 22.6 Å². The van der Waals surface area contributed by atoms with E-state index >= 15 is 0 Å². The first-order valence-corrected chi connectivity index (χ1v) is 6.80. The third-order valence-corrected chi connectivity index (χ3v) is 3.25. The molecular formula is C15H16N4O5. The Morgan fingerprint density at radius 3 is 2.46 bits per heavy atom. The van der Waals surface area contributed by atoms with Gasteiger partial charge in [0.1, 0.15) is 17.1 Å².